The largest absolute Gasteiger partial charge is 0.454 e. The van der Waals surface area contributed by atoms with E-state index in [1.165, 1.54) is 6.07 Å². The monoisotopic (exact) mass is 444 g/mol. The number of nitrogens with one attached hydrogen (secondary N) is 2. The van der Waals surface area contributed by atoms with E-state index in [1.54, 1.807) is 44.2 Å². The number of nitrogens with zero attached hydrogens (tertiary/aromatic N) is 2. The van der Waals surface area contributed by atoms with Crippen LogP contribution in [0.3, 0.4) is 0 Å². The highest BCUT2D eigenvalue weighted by atomic mass is 32.2. The zero-order valence-corrected chi connectivity index (χ0v) is 17.7. The Morgan fingerprint density at radius 1 is 1.10 bits per heavy atom. The quantitative estimate of drug-likeness (QED) is 0.562. The van der Waals surface area contributed by atoms with E-state index in [0.29, 0.717) is 28.5 Å². The van der Waals surface area contributed by atoms with E-state index < -0.39 is 22.5 Å². The number of ether oxygens (including phenoxy) is 2. The van der Waals surface area contributed by atoms with Crippen molar-refractivity contribution in [3.63, 3.8) is 0 Å². The molecule has 0 radical (unpaired) electrons. The van der Waals surface area contributed by atoms with Crippen LogP contribution in [0.1, 0.15) is 17.0 Å². The van der Waals surface area contributed by atoms with Crippen LogP contribution in [0.15, 0.2) is 45.8 Å². The summed E-state index contributed by atoms with van der Waals surface area (Å²) in [7, 11) is -3.93. The summed E-state index contributed by atoms with van der Waals surface area (Å²) in [6.07, 6.45) is 0. The van der Waals surface area contributed by atoms with E-state index in [9.17, 15) is 13.2 Å². The molecule has 0 aliphatic carbocycles. The summed E-state index contributed by atoms with van der Waals surface area (Å²) in [5, 5.41) is 6.48. The molecule has 1 amide bonds. The Labute approximate surface area is 178 Å². The van der Waals surface area contributed by atoms with Crippen LogP contribution in [0.25, 0.3) is 11.4 Å². The molecule has 162 valence electrons. The molecule has 0 unspecified atom stereocenters. The Balaban J connectivity index is 1.39. The van der Waals surface area contributed by atoms with Gasteiger partial charge in [-0.05, 0) is 36.2 Å². The van der Waals surface area contributed by atoms with Crippen molar-refractivity contribution in [3.8, 4) is 22.9 Å². The summed E-state index contributed by atoms with van der Waals surface area (Å²) in [4.78, 5) is 16.3. The Bertz CT molecular complexity index is 1240. The van der Waals surface area contributed by atoms with Gasteiger partial charge in [-0.3, -0.25) is 4.79 Å². The van der Waals surface area contributed by atoms with Gasteiger partial charge in [-0.15, -0.1) is 0 Å². The van der Waals surface area contributed by atoms with E-state index >= 15 is 0 Å². The van der Waals surface area contributed by atoms with Gasteiger partial charge in [0.25, 0.3) is 0 Å². The summed E-state index contributed by atoms with van der Waals surface area (Å²) >= 11 is 0. The van der Waals surface area contributed by atoms with Gasteiger partial charge in [-0.1, -0.05) is 23.4 Å². The number of carbonyl (C=O) groups is 1. The Morgan fingerprint density at radius 3 is 2.68 bits per heavy atom. The van der Waals surface area contributed by atoms with E-state index in [1.807, 2.05) is 0 Å². The van der Waals surface area contributed by atoms with Crippen LogP contribution in [-0.4, -0.2) is 37.8 Å². The Morgan fingerprint density at radius 2 is 1.90 bits per heavy atom. The third-order valence-electron chi connectivity index (χ3n) is 4.61. The van der Waals surface area contributed by atoms with E-state index in [4.69, 9.17) is 14.0 Å². The lowest BCUT2D eigenvalue weighted by molar-refractivity contribution is -0.120. The third-order valence-corrected chi connectivity index (χ3v) is 6.16. The number of rotatable bonds is 7. The summed E-state index contributed by atoms with van der Waals surface area (Å²) in [5.41, 5.74) is 1.83. The number of carbonyl (C=O) groups excluding carboxylic acids is 1. The van der Waals surface area contributed by atoms with Gasteiger partial charge in [-0.25, -0.2) is 13.1 Å². The van der Waals surface area contributed by atoms with Crippen molar-refractivity contribution in [1.82, 2.24) is 20.2 Å². The molecule has 0 bridgehead atoms. The van der Waals surface area contributed by atoms with E-state index in [0.717, 1.165) is 5.56 Å². The molecule has 2 N–H and O–H groups in total. The molecule has 0 fully saturated rings. The first-order valence-electron chi connectivity index (χ1n) is 9.38. The number of fused-ring (bicyclic) bond motifs is 1. The zero-order valence-electron chi connectivity index (χ0n) is 16.8. The van der Waals surface area contributed by atoms with Gasteiger partial charge >= 0.3 is 0 Å². The van der Waals surface area contributed by atoms with Gasteiger partial charge < -0.3 is 19.3 Å². The van der Waals surface area contributed by atoms with Gasteiger partial charge in [0.05, 0.1) is 11.4 Å². The molecule has 0 atom stereocenters. The lowest BCUT2D eigenvalue weighted by Crippen LogP contribution is -2.36. The van der Waals surface area contributed by atoms with Crippen molar-refractivity contribution in [2.24, 2.45) is 0 Å². The number of aryl methyl sites for hydroxylation is 2. The topological polar surface area (TPSA) is 133 Å². The molecule has 1 aromatic heterocycles. The van der Waals surface area contributed by atoms with Crippen LogP contribution in [0, 0.1) is 13.8 Å². The first-order valence-corrected chi connectivity index (χ1v) is 10.9. The maximum Gasteiger partial charge on any atom is 0.241 e. The van der Waals surface area contributed by atoms with Crippen molar-refractivity contribution < 1.29 is 27.2 Å². The molecule has 11 heteroatoms. The predicted octanol–water partition coefficient (Wildman–Crippen LogP) is 1.68. The van der Waals surface area contributed by atoms with Crippen LogP contribution < -0.4 is 19.5 Å². The first kappa shape index (κ1) is 20.8. The van der Waals surface area contributed by atoms with Crippen molar-refractivity contribution in [1.29, 1.82) is 0 Å². The molecular weight excluding hydrogens is 424 g/mol. The molecule has 31 heavy (non-hydrogen) atoms. The average molecular weight is 444 g/mol. The second kappa shape index (κ2) is 8.36. The molecule has 1 aliphatic heterocycles. The number of hydrogen-bond donors (Lipinski definition) is 2. The van der Waals surface area contributed by atoms with E-state index in [-0.39, 0.29) is 24.1 Å². The van der Waals surface area contributed by atoms with Crippen LogP contribution in [0.4, 0.5) is 0 Å². The number of benzene rings is 2. The molecule has 10 nitrogen and oxygen atoms in total. The summed E-state index contributed by atoms with van der Waals surface area (Å²) < 4.78 is 43.3. The summed E-state index contributed by atoms with van der Waals surface area (Å²) in [6.45, 7) is 3.30. The molecule has 0 saturated heterocycles. The molecule has 3 aromatic rings. The second-order valence-electron chi connectivity index (χ2n) is 6.91. The van der Waals surface area contributed by atoms with Gasteiger partial charge in [0.15, 0.2) is 11.5 Å². The first-order chi connectivity index (χ1) is 14.8. The minimum absolute atomic E-state index is 0.0380. The van der Waals surface area contributed by atoms with Gasteiger partial charge in [0.2, 0.25) is 34.4 Å². The fraction of sp³-hybridized carbons (Fsp3) is 0.250. The minimum atomic E-state index is -3.93. The Hall–Kier alpha value is -3.44. The predicted molar refractivity (Wildman–Crippen MR) is 109 cm³/mol. The molecule has 2 aromatic carbocycles. The molecule has 0 spiro atoms. The lowest BCUT2D eigenvalue weighted by atomic mass is 10.1. The maximum atomic E-state index is 12.8. The third kappa shape index (κ3) is 4.67. The molecule has 1 aliphatic rings. The molecule has 2 heterocycles. The standard InChI is InChI=1S/C20H20N4O6S/c1-12-3-5-15(20-23-13(2)30-24-20)8-18(12)31(26,27)22-10-19(25)21-9-14-4-6-16-17(7-14)29-11-28-16/h3-8,22H,9-11H2,1-2H3,(H,21,25). The van der Waals surface area contributed by atoms with Crippen LogP contribution in [0.5, 0.6) is 11.5 Å². The SMILES string of the molecule is Cc1nc(-c2ccc(C)c(S(=O)(=O)NCC(=O)NCc3ccc4c(c3)OCO4)c2)no1. The van der Waals surface area contributed by atoms with Crippen LogP contribution in [-0.2, 0) is 21.4 Å². The highest BCUT2D eigenvalue weighted by Crippen LogP contribution is 2.32. The average Bonchev–Trinajstić information content (AvgIpc) is 3.39. The van der Waals surface area contributed by atoms with Gasteiger partial charge in [0, 0.05) is 19.0 Å². The number of amides is 1. The fourth-order valence-corrected chi connectivity index (χ4v) is 4.25. The zero-order chi connectivity index (χ0) is 22.0. The molecule has 4 rings (SSSR count). The minimum Gasteiger partial charge on any atom is -0.454 e. The number of aromatic nitrogens is 2. The van der Waals surface area contributed by atoms with E-state index in [2.05, 4.69) is 20.2 Å². The highest BCUT2D eigenvalue weighted by Gasteiger charge is 2.20. The lowest BCUT2D eigenvalue weighted by Gasteiger charge is -2.11. The molecule has 0 saturated carbocycles. The number of hydrogen-bond acceptors (Lipinski definition) is 8. The van der Waals surface area contributed by atoms with Gasteiger partial charge in [-0.2, -0.15) is 4.98 Å². The van der Waals surface area contributed by atoms with Crippen molar-refractivity contribution in [2.75, 3.05) is 13.3 Å². The van der Waals surface area contributed by atoms with Crippen LogP contribution in [0.2, 0.25) is 0 Å². The number of sulfonamides is 1. The van der Waals surface area contributed by atoms with Crippen molar-refractivity contribution >= 4 is 15.9 Å². The van der Waals surface area contributed by atoms with Gasteiger partial charge in [0.1, 0.15) is 0 Å². The smallest absolute Gasteiger partial charge is 0.241 e. The second-order valence-corrected chi connectivity index (χ2v) is 8.64. The van der Waals surface area contributed by atoms with Crippen molar-refractivity contribution in [2.45, 2.75) is 25.3 Å². The Kier molecular flexibility index (Phi) is 5.61. The maximum absolute atomic E-state index is 12.8. The summed E-state index contributed by atoms with van der Waals surface area (Å²) in [5.74, 6) is 1.45. The fourth-order valence-electron chi connectivity index (χ4n) is 3.00. The normalized spacial score (nSPS) is 12.7. The molecular formula is C20H20N4O6S. The van der Waals surface area contributed by atoms with Crippen LogP contribution >= 0.6 is 0 Å². The summed E-state index contributed by atoms with van der Waals surface area (Å²) in [6, 6.07) is 10.1. The highest BCUT2D eigenvalue weighted by molar-refractivity contribution is 7.89. The van der Waals surface area contributed by atoms with Crippen molar-refractivity contribution in [3.05, 3.63) is 53.4 Å².